The number of hydrogen-bond acceptors (Lipinski definition) is 3. The van der Waals surface area contributed by atoms with Crippen molar-refractivity contribution < 1.29 is 9.47 Å². The van der Waals surface area contributed by atoms with Crippen molar-refractivity contribution in [2.75, 3.05) is 19.1 Å². The van der Waals surface area contributed by atoms with Gasteiger partial charge in [-0.15, -0.1) is 11.6 Å². The van der Waals surface area contributed by atoms with Gasteiger partial charge in [-0.25, -0.2) is 0 Å². The van der Waals surface area contributed by atoms with Crippen LogP contribution in [0.2, 0.25) is 0 Å². The van der Waals surface area contributed by atoms with Crippen LogP contribution < -0.4 is 15.2 Å². The van der Waals surface area contributed by atoms with Gasteiger partial charge in [-0.1, -0.05) is 0 Å². The van der Waals surface area contributed by atoms with Gasteiger partial charge in [0, 0.05) is 11.9 Å². The van der Waals surface area contributed by atoms with Crippen molar-refractivity contribution in [3.8, 4) is 11.5 Å². The van der Waals surface area contributed by atoms with Gasteiger partial charge < -0.3 is 15.2 Å². The lowest BCUT2D eigenvalue weighted by atomic mass is 10.0. The minimum atomic E-state index is -0.150. The Labute approximate surface area is 94.1 Å². The maximum absolute atomic E-state index is 5.90. The van der Waals surface area contributed by atoms with Crippen LogP contribution in [0.1, 0.15) is 17.2 Å². The van der Waals surface area contributed by atoms with Crippen LogP contribution in [0, 0.1) is 6.92 Å². The van der Waals surface area contributed by atoms with E-state index in [2.05, 4.69) is 0 Å². The maximum atomic E-state index is 5.90. The Morgan fingerprint density at radius 1 is 1.33 bits per heavy atom. The third-order valence-electron chi connectivity index (χ3n) is 2.50. The number of aryl methyl sites for hydroxylation is 1. The van der Waals surface area contributed by atoms with Gasteiger partial charge in [-0.3, -0.25) is 0 Å². The molecule has 82 valence electrons. The maximum Gasteiger partial charge on any atom is 0.161 e. The molecule has 0 radical (unpaired) electrons. The van der Waals surface area contributed by atoms with E-state index in [1.54, 1.807) is 0 Å². The van der Waals surface area contributed by atoms with Gasteiger partial charge in [0.15, 0.2) is 11.5 Å². The Bertz CT molecular complexity index is 368. The second-order valence-corrected chi connectivity index (χ2v) is 3.92. The number of nitrogens with two attached hydrogens (primary N) is 1. The predicted octanol–water partition coefficient (Wildman–Crippen LogP) is 2.00. The Morgan fingerprint density at radius 3 is 2.53 bits per heavy atom. The van der Waals surface area contributed by atoms with Gasteiger partial charge in [0.1, 0.15) is 13.2 Å². The van der Waals surface area contributed by atoms with Gasteiger partial charge in [-0.2, -0.15) is 0 Å². The smallest absolute Gasteiger partial charge is 0.161 e. The van der Waals surface area contributed by atoms with E-state index in [4.69, 9.17) is 26.8 Å². The van der Waals surface area contributed by atoms with E-state index in [1.807, 2.05) is 19.1 Å². The van der Waals surface area contributed by atoms with Crippen LogP contribution in [0.15, 0.2) is 12.1 Å². The van der Waals surface area contributed by atoms with Crippen LogP contribution in [0.5, 0.6) is 11.5 Å². The summed E-state index contributed by atoms with van der Waals surface area (Å²) in [6.45, 7) is 3.19. The first kappa shape index (κ1) is 10.6. The van der Waals surface area contributed by atoms with E-state index < -0.39 is 0 Å². The lowest BCUT2D eigenvalue weighted by Crippen LogP contribution is -2.18. The molecule has 3 nitrogen and oxygen atoms in total. The average Bonchev–Trinajstić information content (AvgIpc) is 2.27. The molecule has 1 aliphatic rings. The minimum absolute atomic E-state index is 0.150. The van der Waals surface area contributed by atoms with Crippen LogP contribution in [0.4, 0.5) is 0 Å². The highest BCUT2D eigenvalue weighted by Crippen LogP contribution is 2.34. The van der Waals surface area contributed by atoms with Crippen molar-refractivity contribution in [1.82, 2.24) is 0 Å². The molecule has 1 aromatic rings. The van der Waals surface area contributed by atoms with Crippen LogP contribution in [0.3, 0.4) is 0 Å². The summed E-state index contributed by atoms with van der Waals surface area (Å²) in [5.41, 5.74) is 8.01. The molecule has 2 rings (SSSR count). The van der Waals surface area contributed by atoms with Gasteiger partial charge >= 0.3 is 0 Å². The van der Waals surface area contributed by atoms with Crippen molar-refractivity contribution in [2.24, 2.45) is 5.73 Å². The summed E-state index contributed by atoms with van der Waals surface area (Å²) in [7, 11) is 0. The van der Waals surface area contributed by atoms with Gasteiger partial charge in [-0.05, 0) is 30.2 Å². The molecule has 0 saturated carbocycles. The zero-order valence-electron chi connectivity index (χ0n) is 8.63. The van der Waals surface area contributed by atoms with Crippen LogP contribution in [-0.4, -0.2) is 19.1 Å². The molecule has 0 aromatic heterocycles. The van der Waals surface area contributed by atoms with Gasteiger partial charge in [0.2, 0.25) is 0 Å². The number of rotatable bonds is 2. The quantitative estimate of drug-likeness (QED) is 0.787. The third-order valence-corrected chi connectivity index (χ3v) is 2.83. The SMILES string of the molecule is Cc1cc2c(cc1C(N)CCl)OCCO2. The lowest BCUT2D eigenvalue weighted by Gasteiger charge is -2.21. The average molecular weight is 228 g/mol. The zero-order valence-corrected chi connectivity index (χ0v) is 9.38. The first-order valence-corrected chi connectivity index (χ1v) is 5.47. The fourth-order valence-electron chi connectivity index (χ4n) is 1.69. The Balaban J connectivity index is 2.40. The van der Waals surface area contributed by atoms with Gasteiger partial charge in [0.25, 0.3) is 0 Å². The standard InChI is InChI=1S/C11H14ClNO2/c1-7-4-10-11(15-3-2-14-10)5-8(7)9(13)6-12/h4-5,9H,2-3,6,13H2,1H3. The van der Waals surface area contributed by atoms with Crippen LogP contribution in [-0.2, 0) is 0 Å². The highest BCUT2D eigenvalue weighted by atomic mass is 35.5. The number of ether oxygens (including phenoxy) is 2. The number of fused-ring (bicyclic) bond motifs is 1. The number of benzene rings is 1. The first-order chi connectivity index (χ1) is 7.22. The number of halogens is 1. The molecular formula is C11H14ClNO2. The van der Waals surface area contributed by atoms with E-state index in [-0.39, 0.29) is 6.04 Å². The second-order valence-electron chi connectivity index (χ2n) is 3.61. The summed E-state index contributed by atoms with van der Waals surface area (Å²) >= 11 is 5.74. The molecular weight excluding hydrogens is 214 g/mol. The molecule has 1 unspecified atom stereocenters. The van der Waals surface area contributed by atoms with E-state index in [9.17, 15) is 0 Å². The highest BCUT2D eigenvalue weighted by Gasteiger charge is 2.16. The van der Waals surface area contributed by atoms with Crippen molar-refractivity contribution in [2.45, 2.75) is 13.0 Å². The summed E-state index contributed by atoms with van der Waals surface area (Å²) in [6, 6.07) is 3.73. The topological polar surface area (TPSA) is 44.5 Å². The highest BCUT2D eigenvalue weighted by molar-refractivity contribution is 6.18. The molecule has 1 aromatic carbocycles. The fraction of sp³-hybridized carbons (Fsp3) is 0.455. The summed E-state index contributed by atoms with van der Waals surface area (Å²) in [5, 5.41) is 0. The Hall–Kier alpha value is -0.930. The van der Waals surface area contributed by atoms with Crippen molar-refractivity contribution >= 4 is 11.6 Å². The van der Waals surface area contributed by atoms with Crippen molar-refractivity contribution in [1.29, 1.82) is 0 Å². The summed E-state index contributed by atoms with van der Waals surface area (Å²) in [6.07, 6.45) is 0. The largest absolute Gasteiger partial charge is 0.486 e. The zero-order chi connectivity index (χ0) is 10.8. The minimum Gasteiger partial charge on any atom is -0.486 e. The molecule has 0 aliphatic carbocycles. The number of hydrogen-bond donors (Lipinski definition) is 1. The summed E-state index contributed by atoms with van der Waals surface area (Å²) in [4.78, 5) is 0. The third kappa shape index (κ3) is 2.03. The molecule has 2 N–H and O–H groups in total. The predicted molar refractivity (Wildman–Crippen MR) is 59.8 cm³/mol. The molecule has 0 bridgehead atoms. The Kier molecular flexibility index (Phi) is 3.03. The van der Waals surface area contributed by atoms with Gasteiger partial charge in [0.05, 0.1) is 0 Å². The molecule has 0 saturated heterocycles. The number of alkyl halides is 1. The summed E-state index contributed by atoms with van der Waals surface area (Å²) in [5.74, 6) is 1.97. The summed E-state index contributed by atoms with van der Waals surface area (Å²) < 4.78 is 11.0. The van der Waals surface area contributed by atoms with E-state index >= 15 is 0 Å². The molecule has 1 heterocycles. The molecule has 0 fully saturated rings. The van der Waals surface area contributed by atoms with E-state index in [0.29, 0.717) is 19.1 Å². The van der Waals surface area contributed by atoms with Crippen molar-refractivity contribution in [3.63, 3.8) is 0 Å². The first-order valence-electron chi connectivity index (χ1n) is 4.94. The van der Waals surface area contributed by atoms with E-state index in [0.717, 1.165) is 22.6 Å². The molecule has 0 spiro atoms. The normalized spacial score (nSPS) is 16.2. The lowest BCUT2D eigenvalue weighted by molar-refractivity contribution is 0.171. The monoisotopic (exact) mass is 227 g/mol. The Morgan fingerprint density at radius 2 is 1.93 bits per heavy atom. The molecule has 4 heteroatoms. The fourth-order valence-corrected chi connectivity index (χ4v) is 1.85. The van der Waals surface area contributed by atoms with Crippen LogP contribution >= 0.6 is 11.6 Å². The van der Waals surface area contributed by atoms with Crippen molar-refractivity contribution in [3.05, 3.63) is 23.3 Å². The molecule has 1 atom stereocenters. The van der Waals surface area contributed by atoms with Crippen LogP contribution in [0.25, 0.3) is 0 Å². The van der Waals surface area contributed by atoms with E-state index in [1.165, 1.54) is 0 Å². The molecule has 0 amide bonds. The molecule has 15 heavy (non-hydrogen) atoms. The second kappa shape index (κ2) is 4.29. The molecule has 1 aliphatic heterocycles.